The van der Waals surface area contributed by atoms with E-state index in [0.717, 1.165) is 19.5 Å². The summed E-state index contributed by atoms with van der Waals surface area (Å²) >= 11 is 0. The summed E-state index contributed by atoms with van der Waals surface area (Å²) in [6.45, 7) is 9.37. The van der Waals surface area contributed by atoms with Gasteiger partial charge in [-0.05, 0) is 38.3 Å². The molecule has 1 aromatic carbocycles. The van der Waals surface area contributed by atoms with Crippen LogP contribution in [0.25, 0.3) is 0 Å². The molecule has 1 amide bonds. The number of amides is 1. The van der Waals surface area contributed by atoms with Gasteiger partial charge >= 0.3 is 0 Å². The fraction of sp³-hybridized carbons (Fsp3) is 0.611. The lowest BCUT2D eigenvalue weighted by molar-refractivity contribution is -0.122. The second-order valence-corrected chi connectivity index (χ2v) is 6.31. The molecule has 0 unspecified atom stereocenters. The Bertz CT molecular complexity index is 488. The molecule has 4 heteroatoms. The number of fused-ring (bicyclic) bond motifs is 1. The van der Waals surface area contributed by atoms with Crippen LogP contribution >= 0.6 is 0 Å². The van der Waals surface area contributed by atoms with Crippen LogP contribution in [-0.4, -0.2) is 42.6 Å². The van der Waals surface area contributed by atoms with E-state index >= 15 is 0 Å². The first kappa shape index (κ1) is 17.0. The Morgan fingerprint density at radius 2 is 2.00 bits per heavy atom. The van der Waals surface area contributed by atoms with Gasteiger partial charge in [0.15, 0.2) is 0 Å². The molecule has 0 radical (unpaired) electrons. The Morgan fingerprint density at radius 3 is 2.73 bits per heavy atom. The normalized spacial score (nSPS) is 16.4. The fourth-order valence-corrected chi connectivity index (χ4v) is 2.76. The van der Waals surface area contributed by atoms with E-state index in [1.807, 2.05) is 13.8 Å². The van der Waals surface area contributed by atoms with E-state index in [4.69, 9.17) is 4.74 Å². The standard InChI is InChI=1S/C18H28N2O2/c1-14(2)22-11-9-18(21)19-12-15(3)20-10-8-16-6-4-5-7-17(16)13-20/h4-7,14-15H,8-13H2,1-3H3,(H,19,21)/t15-/m0/s1. The van der Waals surface area contributed by atoms with E-state index in [2.05, 4.69) is 41.4 Å². The predicted octanol–water partition coefficient (Wildman–Crippen LogP) is 2.36. The zero-order valence-electron chi connectivity index (χ0n) is 14.0. The number of rotatable bonds is 7. The summed E-state index contributed by atoms with van der Waals surface area (Å²) in [7, 11) is 0. The van der Waals surface area contributed by atoms with Gasteiger partial charge in [0.25, 0.3) is 0 Å². The van der Waals surface area contributed by atoms with Crippen LogP contribution in [0.4, 0.5) is 0 Å². The third-order valence-electron chi connectivity index (χ3n) is 4.16. The molecule has 122 valence electrons. The van der Waals surface area contributed by atoms with Crippen molar-refractivity contribution in [3.63, 3.8) is 0 Å². The third-order valence-corrected chi connectivity index (χ3v) is 4.16. The van der Waals surface area contributed by atoms with E-state index in [-0.39, 0.29) is 12.0 Å². The summed E-state index contributed by atoms with van der Waals surface area (Å²) in [5.41, 5.74) is 2.87. The van der Waals surface area contributed by atoms with Crippen LogP contribution in [0.5, 0.6) is 0 Å². The van der Waals surface area contributed by atoms with Crippen molar-refractivity contribution in [2.45, 2.75) is 52.3 Å². The van der Waals surface area contributed by atoms with Crippen molar-refractivity contribution in [2.75, 3.05) is 19.7 Å². The number of carbonyl (C=O) groups excluding carboxylic acids is 1. The van der Waals surface area contributed by atoms with Crippen LogP contribution in [0.15, 0.2) is 24.3 Å². The first-order chi connectivity index (χ1) is 10.6. The monoisotopic (exact) mass is 304 g/mol. The number of nitrogens with one attached hydrogen (secondary N) is 1. The Labute approximate surface area is 133 Å². The molecule has 1 N–H and O–H groups in total. The van der Waals surface area contributed by atoms with Gasteiger partial charge in [-0.2, -0.15) is 0 Å². The molecule has 1 aliphatic heterocycles. The largest absolute Gasteiger partial charge is 0.378 e. The molecule has 1 aromatic rings. The van der Waals surface area contributed by atoms with Crippen LogP contribution < -0.4 is 5.32 Å². The van der Waals surface area contributed by atoms with Crippen LogP contribution in [0.3, 0.4) is 0 Å². The summed E-state index contributed by atoms with van der Waals surface area (Å²) in [6, 6.07) is 8.98. The second-order valence-electron chi connectivity index (χ2n) is 6.31. The molecular formula is C18H28N2O2. The summed E-state index contributed by atoms with van der Waals surface area (Å²) in [5.74, 6) is 0.0740. The van der Waals surface area contributed by atoms with Crippen LogP contribution in [0.2, 0.25) is 0 Å². The average Bonchev–Trinajstić information content (AvgIpc) is 2.51. The second kappa shape index (κ2) is 8.30. The maximum Gasteiger partial charge on any atom is 0.222 e. The van der Waals surface area contributed by atoms with Gasteiger partial charge in [0.05, 0.1) is 12.7 Å². The number of benzene rings is 1. The van der Waals surface area contributed by atoms with Crippen molar-refractivity contribution in [1.82, 2.24) is 10.2 Å². The van der Waals surface area contributed by atoms with E-state index in [1.165, 1.54) is 11.1 Å². The highest BCUT2D eigenvalue weighted by molar-refractivity contribution is 5.75. The van der Waals surface area contributed by atoms with E-state index in [9.17, 15) is 4.79 Å². The first-order valence-electron chi connectivity index (χ1n) is 8.25. The molecule has 0 spiro atoms. The Kier molecular flexibility index (Phi) is 6.40. The Hall–Kier alpha value is -1.39. The molecular weight excluding hydrogens is 276 g/mol. The van der Waals surface area contributed by atoms with Gasteiger partial charge in [0, 0.05) is 32.1 Å². The number of nitrogens with zero attached hydrogens (tertiary/aromatic N) is 1. The molecule has 2 rings (SSSR count). The lowest BCUT2D eigenvalue weighted by atomic mass is 9.99. The molecule has 0 saturated heterocycles. The predicted molar refractivity (Wildman–Crippen MR) is 88.7 cm³/mol. The van der Waals surface area contributed by atoms with E-state index < -0.39 is 0 Å². The van der Waals surface area contributed by atoms with Gasteiger partial charge in [0.1, 0.15) is 0 Å². The van der Waals surface area contributed by atoms with Crippen molar-refractivity contribution in [3.05, 3.63) is 35.4 Å². The number of hydrogen-bond acceptors (Lipinski definition) is 3. The molecule has 4 nitrogen and oxygen atoms in total. The topological polar surface area (TPSA) is 41.6 Å². The van der Waals surface area contributed by atoms with E-state index in [1.54, 1.807) is 0 Å². The summed E-state index contributed by atoms with van der Waals surface area (Å²) < 4.78 is 5.40. The van der Waals surface area contributed by atoms with Gasteiger partial charge in [-0.1, -0.05) is 24.3 Å². The SMILES string of the molecule is CC(C)OCCC(=O)NC[C@H](C)N1CCc2ccccc2C1. The minimum atomic E-state index is 0.0740. The van der Waals surface area contributed by atoms with Crippen LogP contribution in [0, 0.1) is 0 Å². The average molecular weight is 304 g/mol. The summed E-state index contributed by atoms with van der Waals surface area (Å²) in [6.07, 6.45) is 1.71. The fourth-order valence-electron chi connectivity index (χ4n) is 2.76. The van der Waals surface area contributed by atoms with Gasteiger partial charge in [-0.25, -0.2) is 0 Å². The third kappa shape index (κ3) is 5.11. The Balaban J connectivity index is 1.72. The van der Waals surface area contributed by atoms with Crippen molar-refractivity contribution in [3.8, 4) is 0 Å². The van der Waals surface area contributed by atoms with Gasteiger partial charge < -0.3 is 10.1 Å². The minimum absolute atomic E-state index is 0.0740. The van der Waals surface area contributed by atoms with Crippen molar-refractivity contribution in [1.29, 1.82) is 0 Å². The van der Waals surface area contributed by atoms with Crippen LogP contribution in [0.1, 0.15) is 38.3 Å². The van der Waals surface area contributed by atoms with Gasteiger partial charge in [0.2, 0.25) is 5.91 Å². The molecule has 1 heterocycles. The molecule has 0 bridgehead atoms. The smallest absolute Gasteiger partial charge is 0.222 e. The highest BCUT2D eigenvalue weighted by atomic mass is 16.5. The van der Waals surface area contributed by atoms with Crippen molar-refractivity contribution in [2.24, 2.45) is 0 Å². The van der Waals surface area contributed by atoms with Gasteiger partial charge in [-0.15, -0.1) is 0 Å². The van der Waals surface area contributed by atoms with Crippen molar-refractivity contribution >= 4 is 5.91 Å². The number of hydrogen-bond donors (Lipinski definition) is 1. The molecule has 0 saturated carbocycles. The van der Waals surface area contributed by atoms with Crippen LogP contribution in [-0.2, 0) is 22.5 Å². The molecule has 0 fully saturated rings. The molecule has 22 heavy (non-hydrogen) atoms. The number of ether oxygens (including phenoxy) is 1. The lowest BCUT2D eigenvalue weighted by Crippen LogP contribution is -2.44. The maximum absolute atomic E-state index is 11.8. The molecule has 1 aliphatic rings. The molecule has 0 aliphatic carbocycles. The molecule has 0 aromatic heterocycles. The minimum Gasteiger partial charge on any atom is -0.378 e. The quantitative estimate of drug-likeness (QED) is 0.841. The number of carbonyl (C=O) groups is 1. The summed E-state index contributed by atoms with van der Waals surface area (Å²) in [4.78, 5) is 14.2. The Morgan fingerprint density at radius 1 is 1.27 bits per heavy atom. The zero-order valence-corrected chi connectivity index (χ0v) is 14.0. The lowest BCUT2D eigenvalue weighted by Gasteiger charge is -2.33. The zero-order chi connectivity index (χ0) is 15.9. The van der Waals surface area contributed by atoms with Gasteiger partial charge in [-0.3, -0.25) is 9.69 Å². The van der Waals surface area contributed by atoms with Crippen molar-refractivity contribution < 1.29 is 9.53 Å². The first-order valence-corrected chi connectivity index (χ1v) is 8.25. The van der Waals surface area contributed by atoms with E-state index in [0.29, 0.717) is 25.6 Å². The maximum atomic E-state index is 11.8. The highest BCUT2D eigenvalue weighted by Crippen LogP contribution is 2.19. The molecule has 1 atom stereocenters. The highest BCUT2D eigenvalue weighted by Gasteiger charge is 2.20. The summed E-state index contributed by atoms with van der Waals surface area (Å²) in [5, 5.41) is 3.02.